The van der Waals surface area contributed by atoms with Crippen LogP contribution in [0.5, 0.6) is 0 Å². The summed E-state index contributed by atoms with van der Waals surface area (Å²) in [5.74, 6) is -0.156. The minimum atomic E-state index is -0.484. The smallest absolute Gasteiger partial charge is 0.269 e. The molecule has 3 aromatic rings. The fourth-order valence-electron chi connectivity index (χ4n) is 2.24. The second-order valence-electron chi connectivity index (χ2n) is 4.82. The molecule has 1 heterocycles. The number of nitrogens with zero attached hydrogens (tertiary/aromatic N) is 3. The maximum Gasteiger partial charge on any atom is 0.269 e. The predicted octanol–water partition coefficient (Wildman–Crippen LogP) is 2.59. The van der Waals surface area contributed by atoms with Gasteiger partial charge in [-0.15, -0.1) is 0 Å². The number of nitrogens with two attached hydrogens (primary N) is 1. The Bertz CT molecular complexity index is 870. The van der Waals surface area contributed by atoms with Gasteiger partial charge in [0.05, 0.1) is 4.92 Å². The number of aromatic nitrogens is 2. The monoisotopic (exact) mass is 308 g/mol. The number of non-ortho nitro benzene ring substituents is 1. The van der Waals surface area contributed by atoms with Gasteiger partial charge in [0.1, 0.15) is 12.0 Å². The van der Waals surface area contributed by atoms with Gasteiger partial charge in [0.2, 0.25) is 5.78 Å². The Morgan fingerprint density at radius 2 is 1.74 bits per heavy atom. The third-order valence-corrected chi connectivity index (χ3v) is 3.39. The summed E-state index contributed by atoms with van der Waals surface area (Å²) in [4.78, 5) is 26.9. The second-order valence-corrected chi connectivity index (χ2v) is 4.82. The van der Waals surface area contributed by atoms with E-state index in [1.54, 1.807) is 36.4 Å². The van der Waals surface area contributed by atoms with Crippen LogP contribution in [-0.2, 0) is 0 Å². The van der Waals surface area contributed by atoms with Crippen LogP contribution in [0.15, 0.2) is 60.9 Å². The maximum absolute atomic E-state index is 12.6. The van der Waals surface area contributed by atoms with Gasteiger partial charge in [-0.25, -0.2) is 4.98 Å². The van der Waals surface area contributed by atoms with E-state index < -0.39 is 4.92 Å². The molecule has 23 heavy (non-hydrogen) atoms. The Morgan fingerprint density at radius 3 is 2.35 bits per heavy atom. The average molecular weight is 308 g/mol. The average Bonchev–Trinajstić information content (AvgIpc) is 2.96. The zero-order chi connectivity index (χ0) is 16.4. The van der Waals surface area contributed by atoms with E-state index in [-0.39, 0.29) is 23.0 Å². The van der Waals surface area contributed by atoms with Crippen molar-refractivity contribution in [1.82, 2.24) is 9.55 Å². The summed E-state index contributed by atoms with van der Waals surface area (Å²) < 4.78 is 1.52. The topological polar surface area (TPSA) is 104 Å². The highest BCUT2D eigenvalue weighted by atomic mass is 16.6. The summed E-state index contributed by atoms with van der Waals surface area (Å²) >= 11 is 0. The molecule has 0 aliphatic carbocycles. The molecular weight excluding hydrogens is 296 g/mol. The van der Waals surface area contributed by atoms with Crippen molar-refractivity contribution in [3.05, 3.63) is 82.3 Å². The minimum Gasteiger partial charge on any atom is -0.382 e. The molecule has 0 fully saturated rings. The minimum absolute atomic E-state index is 0.0298. The van der Waals surface area contributed by atoms with E-state index >= 15 is 0 Å². The Morgan fingerprint density at radius 1 is 1.09 bits per heavy atom. The molecule has 0 aliphatic rings. The van der Waals surface area contributed by atoms with E-state index in [1.165, 1.54) is 23.0 Å². The first-order valence-electron chi connectivity index (χ1n) is 6.75. The van der Waals surface area contributed by atoms with Crippen LogP contribution in [-0.4, -0.2) is 20.3 Å². The summed E-state index contributed by atoms with van der Waals surface area (Å²) in [5.41, 5.74) is 7.09. The molecule has 2 N–H and O–H groups in total. The van der Waals surface area contributed by atoms with Crippen molar-refractivity contribution in [2.75, 3.05) is 5.73 Å². The summed E-state index contributed by atoms with van der Waals surface area (Å²) in [6.45, 7) is 0. The normalized spacial score (nSPS) is 10.4. The molecule has 7 heteroatoms. The zero-order valence-corrected chi connectivity index (χ0v) is 11.9. The molecule has 7 nitrogen and oxygen atoms in total. The second kappa shape index (κ2) is 5.72. The fraction of sp³-hybridized carbons (Fsp3) is 0. The van der Waals surface area contributed by atoms with Crippen LogP contribution in [0.1, 0.15) is 16.1 Å². The van der Waals surface area contributed by atoms with E-state index in [4.69, 9.17) is 5.73 Å². The summed E-state index contributed by atoms with van der Waals surface area (Å²) in [6, 6.07) is 14.5. The Hall–Kier alpha value is -3.48. The molecule has 0 saturated heterocycles. The van der Waals surface area contributed by atoms with Crippen LogP contribution < -0.4 is 5.73 Å². The number of ketones is 1. The van der Waals surface area contributed by atoms with Gasteiger partial charge in [0.15, 0.2) is 5.82 Å². The summed E-state index contributed by atoms with van der Waals surface area (Å²) in [5, 5.41) is 10.7. The molecule has 0 aliphatic heterocycles. The Kier molecular flexibility index (Phi) is 3.60. The van der Waals surface area contributed by atoms with Crippen LogP contribution in [0.3, 0.4) is 0 Å². The number of hydrogen-bond donors (Lipinski definition) is 1. The van der Waals surface area contributed by atoms with Crippen molar-refractivity contribution in [1.29, 1.82) is 0 Å². The first-order valence-corrected chi connectivity index (χ1v) is 6.75. The highest BCUT2D eigenvalue weighted by Crippen LogP contribution is 2.22. The lowest BCUT2D eigenvalue weighted by molar-refractivity contribution is -0.384. The lowest BCUT2D eigenvalue weighted by Crippen LogP contribution is -2.10. The molecule has 0 spiro atoms. The lowest BCUT2D eigenvalue weighted by Gasteiger charge is -2.08. The number of nitro groups is 1. The van der Waals surface area contributed by atoms with Crippen LogP contribution in [0.4, 0.5) is 11.5 Å². The van der Waals surface area contributed by atoms with Crippen LogP contribution in [0, 0.1) is 10.1 Å². The zero-order valence-electron chi connectivity index (χ0n) is 11.9. The number of nitrogen functional groups attached to an aromatic ring is 1. The van der Waals surface area contributed by atoms with E-state index in [0.29, 0.717) is 11.3 Å². The highest BCUT2D eigenvalue weighted by Gasteiger charge is 2.19. The van der Waals surface area contributed by atoms with Gasteiger partial charge in [-0.3, -0.25) is 19.5 Å². The quantitative estimate of drug-likeness (QED) is 0.453. The molecule has 2 aromatic carbocycles. The van der Waals surface area contributed by atoms with E-state index in [0.717, 1.165) is 0 Å². The van der Waals surface area contributed by atoms with E-state index in [2.05, 4.69) is 4.98 Å². The third kappa shape index (κ3) is 2.67. The number of nitro benzene ring substituents is 1. The lowest BCUT2D eigenvalue weighted by atomic mass is 10.1. The van der Waals surface area contributed by atoms with E-state index in [9.17, 15) is 14.9 Å². The number of carbonyl (C=O) groups is 1. The summed E-state index contributed by atoms with van der Waals surface area (Å²) in [7, 11) is 0. The van der Waals surface area contributed by atoms with Crippen LogP contribution >= 0.6 is 0 Å². The molecule has 0 amide bonds. The van der Waals surface area contributed by atoms with Crippen molar-refractivity contribution < 1.29 is 9.72 Å². The predicted molar refractivity (Wildman–Crippen MR) is 84.5 cm³/mol. The third-order valence-electron chi connectivity index (χ3n) is 3.39. The van der Waals surface area contributed by atoms with Crippen molar-refractivity contribution >= 4 is 17.3 Å². The molecular formula is C16H12N4O3. The van der Waals surface area contributed by atoms with Gasteiger partial charge in [-0.1, -0.05) is 30.3 Å². The molecule has 0 radical (unpaired) electrons. The van der Waals surface area contributed by atoms with E-state index in [1.807, 2.05) is 6.07 Å². The summed E-state index contributed by atoms with van der Waals surface area (Å²) in [6.07, 6.45) is 1.42. The van der Waals surface area contributed by atoms with Gasteiger partial charge < -0.3 is 5.73 Å². The van der Waals surface area contributed by atoms with Crippen molar-refractivity contribution in [2.45, 2.75) is 0 Å². The first kappa shape index (κ1) is 14.5. The van der Waals surface area contributed by atoms with Gasteiger partial charge >= 0.3 is 0 Å². The fourth-order valence-corrected chi connectivity index (χ4v) is 2.24. The molecule has 0 bridgehead atoms. The standard InChI is InChI=1S/C16H12N4O3/c17-16-14(15(21)11-4-2-1-3-5-11)19(10-18-16)12-6-8-13(9-7-12)20(22)23/h1-10H,17H2. The van der Waals surface area contributed by atoms with Gasteiger partial charge in [0.25, 0.3) is 5.69 Å². The van der Waals surface area contributed by atoms with Crippen LogP contribution in [0.25, 0.3) is 5.69 Å². The number of rotatable bonds is 4. The molecule has 1 aromatic heterocycles. The Balaban J connectivity index is 2.05. The number of anilines is 1. The van der Waals surface area contributed by atoms with Crippen molar-refractivity contribution in [2.24, 2.45) is 0 Å². The first-order chi connectivity index (χ1) is 11.1. The van der Waals surface area contributed by atoms with Gasteiger partial charge in [0, 0.05) is 23.4 Å². The van der Waals surface area contributed by atoms with Crippen LogP contribution in [0.2, 0.25) is 0 Å². The van der Waals surface area contributed by atoms with Gasteiger partial charge in [-0.2, -0.15) is 0 Å². The van der Waals surface area contributed by atoms with Crippen molar-refractivity contribution in [3.63, 3.8) is 0 Å². The number of benzene rings is 2. The maximum atomic E-state index is 12.6. The van der Waals surface area contributed by atoms with Gasteiger partial charge in [-0.05, 0) is 12.1 Å². The SMILES string of the molecule is Nc1ncn(-c2ccc([N+](=O)[O-])cc2)c1C(=O)c1ccccc1. The number of carbonyl (C=O) groups excluding carboxylic acids is 1. The molecule has 114 valence electrons. The number of hydrogen-bond acceptors (Lipinski definition) is 5. The largest absolute Gasteiger partial charge is 0.382 e. The number of imidazole rings is 1. The molecule has 3 rings (SSSR count). The Labute approximate surface area is 131 Å². The molecule has 0 unspecified atom stereocenters. The van der Waals surface area contributed by atoms with Crippen molar-refractivity contribution in [3.8, 4) is 5.69 Å². The molecule has 0 atom stereocenters. The molecule has 0 saturated carbocycles. The highest BCUT2D eigenvalue weighted by molar-refractivity contribution is 6.10.